The van der Waals surface area contributed by atoms with E-state index in [2.05, 4.69) is 6.92 Å². The van der Waals surface area contributed by atoms with Crippen LogP contribution in [0.3, 0.4) is 0 Å². The molecule has 0 N–H and O–H groups in total. The fourth-order valence-electron chi connectivity index (χ4n) is 0. The molecule has 0 fully saturated rings. The molecule has 0 heterocycles. The molecule has 0 unspecified atom stereocenters. The normalized spacial score (nSPS) is 3.60. The van der Waals surface area contributed by atoms with Crippen LogP contribution >= 0.6 is 0 Å². The van der Waals surface area contributed by atoms with Crippen molar-refractivity contribution in [2.45, 2.75) is 13.3 Å². The van der Waals surface area contributed by atoms with Crippen LogP contribution in [-0.2, 0) is 0 Å². The first-order valence-electron chi connectivity index (χ1n) is 1.21. The summed E-state index contributed by atoms with van der Waals surface area (Å²) in [6, 6.07) is 0. The van der Waals surface area contributed by atoms with Crippen LogP contribution in [0.1, 0.15) is 13.3 Å². The van der Waals surface area contributed by atoms with E-state index < -0.39 is 0 Å². The molecule has 0 aromatic carbocycles. The first-order valence-corrected chi connectivity index (χ1v) is 1.21. The first kappa shape index (κ1) is 17.1. The predicted octanol–water partition coefficient (Wildman–Crippen LogP) is 1.30. The summed E-state index contributed by atoms with van der Waals surface area (Å²) in [4.78, 5) is 0. The van der Waals surface area contributed by atoms with Crippen molar-refractivity contribution in [2.75, 3.05) is 0 Å². The molecular weight excluding hydrogens is 72.3 g/mol. The van der Waals surface area contributed by atoms with Gasteiger partial charge in [0, 0.05) is 0 Å². The quantitative estimate of drug-likeness (QED) is 0.305. The Balaban J connectivity index is -0.0000000200. The SMILES string of the molecule is [CH2-]CC.[CH3-].[Mg+2]. The summed E-state index contributed by atoms with van der Waals surface area (Å²) in [5, 5.41) is 0. The molecule has 0 aliphatic heterocycles. The smallest absolute Gasteiger partial charge is 0.358 e. The fourth-order valence-corrected chi connectivity index (χ4v) is 0. The van der Waals surface area contributed by atoms with Crippen LogP contribution in [0.2, 0.25) is 0 Å². The summed E-state index contributed by atoms with van der Waals surface area (Å²) in [6.45, 7) is 5.50. The van der Waals surface area contributed by atoms with Gasteiger partial charge >= 0.3 is 23.1 Å². The van der Waals surface area contributed by atoms with Gasteiger partial charge in [0.25, 0.3) is 0 Å². The molecule has 0 nitrogen and oxygen atoms in total. The standard InChI is InChI=1S/C3H7.CH3.Mg/c1-3-2;;/h1,3H2,2H3;1H3;/q2*-1;+2. The molecule has 0 saturated heterocycles. The second-order valence-corrected chi connectivity index (χ2v) is 0.500. The minimum absolute atomic E-state index is 0. The molecule has 0 aliphatic carbocycles. The van der Waals surface area contributed by atoms with Gasteiger partial charge in [-0.05, 0) is 0 Å². The second-order valence-electron chi connectivity index (χ2n) is 0.500. The van der Waals surface area contributed by atoms with Crippen molar-refractivity contribution in [1.82, 2.24) is 0 Å². The van der Waals surface area contributed by atoms with Gasteiger partial charge in [-0.2, -0.15) is 6.42 Å². The molecule has 0 amide bonds. The van der Waals surface area contributed by atoms with E-state index in [1.807, 2.05) is 6.92 Å². The van der Waals surface area contributed by atoms with Crippen LogP contribution < -0.4 is 0 Å². The van der Waals surface area contributed by atoms with Crippen molar-refractivity contribution in [2.24, 2.45) is 0 Å². The molecule has 0 aliphatic rings. The maximum Gasteiger partial charge on any atom is 2.00 e. The van der Waals surface area contributed by atoms with Crippen LogP contribution in [0, 0.1) is 14.4 Å². The summed E-state index contributed by atoms with van der Waals surface area (Å²) < 4.78 is 0. The van der Waals surface area contributed by atoms with Gasteiger partial charge in [0.15, 0.2) is 0 Å². The molecule has 0 atom stereocenters. The summed E-state index contributed by atoms with van der Waals surface area (Å²) in [5.74, 6) is 0. The molecule has 0 radical (unpaired) electrons. The average Bonchev–Trinajstić information content (AvgIpc) is 0.918. The van der Waals surface area contributed by atoms with Gasteiger partial charge in [0.1, 0.15) is 0 Å². The van der Waals surface area contributed by atoms with Gasteiger partial charge in [-0.25, -0.2) is 0 Å². The van der Waals surface area contributed by atoms with E-state index in [0.29, 0.717) is 0 Å². The molecule has 0 spiro atoms. The Kier molecular flexibility index (Phi) is 74.2. The summed E-state index contributed by atoms with van der Waals surface area (Å²) in [7, 11) is 0. The monoisotopic (exact) mass is 82.1 g/mol. The average molecular weight is 82.4 g/mol. The van der Waals surface area contributed by atoms with Gasteiger partial charge in [0.2, 0.25) is 0 Å². The molecule has 28 valence electrons. The van der Waals surface area contributed by atoms with Crippen molar-refractivity contribution in [1.29, 1.82) is 0 Å². The first-order chi connectivity index (χ1) is 1.41. The van der Waals surface area contributed by atoms with Gasteiger partial charge < -0.3 is 14.4 Å². The van der Waals surface area contributed by atoms with Crippen molar-refractivity contribution < 1.29 is 0 Å². The molecule has 0 bridgehead atoms. The Bertz CT molecular complexity index is 3.61. The molecule has 5 heavy (non-hydrogen) atoms. The Hall–Kier alpha value is 0.766. The maximum absolute atomic E-state index is 3.49. The molecule has 1 heteroatoms. The minimum atomic E-state index is 0. The Morgan fingerprint density at radius 3 is 1.60 bits per heavy atom. The van der Waals surface area contributed by atoms with E-state index in [-0.39, 0.29) is 30.5 Å². The number of hydrogen-bond acceptors (Lipinski definition) is 0. The molecule has 0 aromatic rings. The minimum Gasteiger partial charge on any atom is -0.358 e. The van der Waals surface area contributed by atoms with E-state index in [1.54, 1.807) is 0 Å². The maximum atomic E-state index is 3.49. The molecular formula is C4H10Mg. The van der Waals surface area contributed by atoms with Crippen LogP contribution in [0.5, 0.6) is 0 Å². The summed E-state index contributed by atoms with van der Waals surface area (Å²) in [5.41, 5.74) is 0. The third-order valence-corrected chi connectivity index (χ3v) is 0. The zero-order valence-electron chi connectivity index (χ0n) is 4.12. The zero-order valence-corrected chi connectivity index (χ0v) is 5.54. The number of hydrogen-bond donors (Lipinski definition) is 0. The Morgan fingerprint density at radius 2 is 1.60 bits per heavy atom. The van der Waals surface area contributed by atoms with Crippen LogP contribution in [0.15, 0.2) is 0 Å². The predicted molar refractivity (Wildman–Crippen MR) is 27.8 cm³/mol. The number of rotatable bonds is 0. The van der Waals surface area contributed by atoms with Crippen LogP contribution in [-0.4, -0.2) is 23.1 Å². The fraction of sp³-hybridized carbons (Fsp3) is 0.500. The Morgan fingerprint density at radius 1 is 1.60 bits per heavy atom. The van der Waals surface area contributed by atoms with E-state index in [4.69, 9.17) is 0 Å². The van der Waals surface area contributed by atoms with Gasteiger partial charge in [-0.1, -0.05) is 6.92 Å². The van der Waals surface area contributed by atoms with Crippen molar-refractivity contribution in [3.8, 4) is 0 Å². The topological polar surface area (TPSA) is 0 Å². The van der Waals surface area contributed by atoms with Gasteiger partial charge in [-0.3, -0.25) is 0 Å². The van der Waals surface area contributed by atoms with Crippen molar-refractivity contribution in [3.63, 3.8) is 0 Å². The van der Waals surface area contributed by atoms with Gasteiger partial charge in [0.05, 0.1) is 0 Å². The summed E-state index contributed by atoms with van der Waals surface area (Å²) in [6.07, 6.45) is 1.00. The van der Waals surface area contributed by atoms with Gasteiger partial charge in [-0.15, -0.1) is 0 Å². The molecule has 0 saturated carbocycles. The third-order valence-electron chi connectivity index (χ3n) is 0. The molecule has 0 aromatic heterocycles. The zero-order chi connectivity index (χ0) is 2.71. The van der Waals surface area contributed by atoms with Crippen molar-refractivity contribution >= 4 is 23.1 Å². The van der Waals surface area contributed by atoms with E-state index in [0.717, 1.165) is 6.42 Å². The van der Waals surface area contributed by atoms with E-state index in [9.17, 15) is 0 Å². The van der Waals surface area contributed by atoms with Crippen LogP contribution in [0.25, 0.3) is 0 Å². The van der Waals surface area contributed by atoms with Crippen LogP contribution in [0.4, 0.5) is 0 Å². The van der Waals surface area contributed by atoms with E-state index >= 15 is 0 Å². The second kappa shape index (κ2) is 21.7. The largest absolute Gasteiger partial charge is 2.00 e. The summed E-state index contributed by atoms with van der Waals surface area (Å²) >= 11 is 0. The van der Waals surface area contributed by atoms with E-state index in [1.165, 1.54) is 0 Å². The third kappa shape index (κ3) is 62.1. The van der Waals surface area contributed by atoms with Crippen molar-refractivity contribution in [3.05, 3.63) is 14.4 Å². The molecule has 0 rings (SSSR count). The Labute approximate surface area is 51.1 Å².